The summed E-state index contributed by atoms with van der Waals surface area (Å²) in [5, 5.41) is 2.68. The van der Waals surface area contributed by atoms with Crippen LogP contribution in [0.3, 0.4) is 0 Å². The summed E-state index contributed by atoms with van der Waals surface area (Å²) in [7, 11) is 0. The molecule has 1 atom stereocenters. The van der Waals surface area contributed by atoms with Crippen molar-refractivity contribution in [3.8, 4) is 0 Å². The van der Waals surface area contributed by atoms with E-state index < -0.39 is 0 Å². The quantitative estimate of drug-likeness (QED) is 0.717. The number of carbonyl (C=O) groups is 2. The van der Waals surface area contributed by atoms with Crippen molar-refractivity contribution in [1.82, 2.24) is 15.1 Å². The minimum Gasteiger partial charge on any atom is -0.455 e. The highest BCUT2D eigenvalue weighted by Crippen LogP contribution is 2.21. The lowest BCUT2D eigenvalue weighted by Crippen LogP contribution is -2.44. The Kier molecular flexibility index (Phi) is 7.63. The molecule has 6 nitrogen and oxygen atoms in total. The van der Waals surface area contributed by atoms with E-state index in [2.05, 4.69) is 10.2 Å². The highest BCUT2D eigenvalue weighted by molar-refractivity contribution is 5.91. The third-order valence-electron chi connectivity index (χ3n) is 5.59. The summed E-state index contributed by atoms with van der Waals surface area (Å²) in [6, 6.07) is 9.76. The Labute approximate surface area is 177 Å². The number of halogens is 1. The zero-order valence-electron chi connectivity index (χ0n) is 17.7. The van der Waals surface area contributed by atoms with Crippen molar-refractivity contribution < 1.29 is 18.4 Å². The number of hydrogen-bond donors (Lipinski definition) is 1. The van der Waals surface area contributed by atoms with Gasteiger partial charge in [0, 0.05) is 31.7 Å². The van der Waals surface area contributed by atoms with Gasteiger partial charge in [0.05, 0.1) is 12.5 Å². The fraction of sp³-hybridized carbons (Fsp3) is 0.478. The van der Waals surface area contributed by atoms with Crippen LogP contribution in [0.25, 0.3) is 0 Å². The van der Waals surface area contributed by atoms with Gasteiger partial charge >= 0.3 is 0 Å². The van der Waals surface area contributed by atoms with Crippen LogP contribution >= 0.6 is 0 Å². The summed E-state index contributed by atoms with van der Waals surface area (Å²) in [6.07, 6.45) is 1.88. The van der Waals surface area contributed by atoms with Gasteiger partial charge in [0.2, 0.25) is 5.91 Å². The first-order chi connectivity index (χ1) is 14.5. The van der Waals surface area contributed by atoms with E-state index in [9.17, 15) is 14.0 Å². The van der Waals surface area contributed by atoms with Crippen molar-refractivity contribution in [3.05, 3.63) is 59.3 Å². The van der Waals surface area contributed by atoms with Gasteiger partial charge in [-0.1, -0.05) is 18.2 Å². The van der Waals surface area contributed by atoms with Crippen LogP contribution in [0.1, 0.15) is 48.6 Å². The van der Waals surface area contributed by atoms with E-state index in [-0.39, 0.29) is 35.9 Å². The molecule has 1 aromatic heterocycles. The number of likely N-dealkylation sites (tertiary alicyclic amines) is 1. The topological polar surface area (TPSA) is 65.8 Å². The Balaban J connectivity index is 1.54. The van der Waals surface area contributed by atoms with E-state index in [0.29, 0.717) is 24.4 Å². The van der Waals surface area contributed by atoms with Crippen molar-refractivity contribution >= 4 is 11.8 Å². The second-order valence-corrected chi connectivity index (χ2v) is 7.62. The molecule has 0 radical (unpaired) electrons. The van der Waals surface area contributed by atoms with E-state index >= 15 is 0 Å². The second-order valence-electron chi connectivity index (χ2n) is 7.62. The van der Waals surface area contributed by atoms with Gasteiger partial charge in [-0.3, -0.25) is 14.5 Å². The van der Waals surface area contributed by atoms with Crippen molar-refractivity contribution in [2.75, 3.05) is 26.2 Å². The summed E-state index contributed by atoms with van der Waals surface area (Å²) in [4.78, 5) is 29.1. The van der Waals surface area contributed by atoms with Crippen LogP contribution in [0.5, 0.6) is 0 Å². The van der Waals surface area contributed by atoms with E-state index in [0.717, 1.165) is 32.5 Å². The molecule has 0 aliphatic carbocycles. The average Bonchev–Trinajstić information content (AvgIpc) is 3.22. The van der Waals surface area contributed by atoms with Gasteiger partial charge < -0.3 is 14.6 Å². The lowest BCUT2D eigenvalue weighted by atomic mass is 9.96. The first-order valence-corrected chi connectivity index (χ1v) is 10.6. The van der Waals surface area contributed by atoms with E-state index in [1.807, 2.05) is 18.7 Å². The average molecular weight is 416 g/mol. The lowest BCUT2D eigenvalue weighted by Gasteiger charge is -2.34. The van der Waals surface area contributed by atoms with Gasteiger partial charge in [-0.15, -0.1) is 0 Å². The zero-order valence-corrected chi connectivity index (χ0v) is 17.7. The molecule has 7 heteroatoms. The fourth-order valence-corrected chi connectivity index (χ4v) is 3.90. The van der Waals surface area contributed by atoms with E-state index in [1.54, 1.807) is 30.3 Å². The molecule has 162 valence electrons. The minimum absolute atomic E-state index is 0.0113. The van der Waals surface area contributed by atoms with Gasteiger partial charge in [0.1, 0.15) is 11.6 Å². The standard InChI is InChI=1S/C23H30FN3O3/c1-3-27(4-2)23(29)18-9-7-13-26(15-18)16-19-11-12-21(30-19)22(28)25-14-17-8-5-6-10-20(17)24/h5-6,8,10-12,18H,3-4,7,9,13-16H2,1-2H3,(H,25,28). The number of piperidine rings is 1. The Morgan fingerprint density at radius 2 is 1.97 bits per heavy atom. The van der Waals surface area contributed by atoms with Crippen molar-refractivity contribution in [2.24, 2.45) is 5.92 Å². The first-order valence-electron chi connectivity index (χ1n) is 10.6. The SMILES string of the molecule is CCN(CC)C(=O)C1CCCN(Cc2ccc(C(=O)NCc3ccccc3F)o2)C1. The summed E-state index contributed by atoms with van der Waals surface area (Å²) >= 11 is 0. The molecule has 3 rings (SSSR count). The molecule has 1 aromatic carbocycles. The summed E-state index contributed by atoms with van der Waals surface area (Å²) in [6.45, 7) is 7.73. The number of carbonyl (C=O) groups excluding carboxylic acids is 2. The molecule has 2 heterocycles. The minimum atomic E-state index is -0.377. The predicted molar refractivity (Wildman–Crippen MR) is 112 cm³/mol. The monoisotopic (exact) mass is 415 g/mol. The Hall–Kier alpha value is -2.67. The molecule has 0 saturated carbocycles. The number of rotatable bonds is 8. The van der Waals surface area contributed by atoms with Crippen molar-refractivity contribution in [3.63, 3.8) is 0 Å². The smallest absolute Gasteiger partial charge is 0.287 e. The molecule has 1 aliphatic rings. The second kappa shape index (κ2) is 10.4. The van der Waals surface area contributed by atoms with Gasteiger partial charge in [0.15, 0.2) is 5.76 Å². The predicted octanol–water partition coefficient (Wildman–Crippen LogP) is 3.43. The first kappa shape index (κ1) is 22.0. The molecule has 1 N–H and O–H groups in total. The molecule has 1 fully saturated rings. The third-order valence-corrected chi connectivity index (χ3v) is 5.59. The summed E-state index contributed by atoms with van der Waals surface area (Å²) in [5.41, 5.74) is 0.426. The molecular weight excluding hydrogens is 385 g/mol. The number of furan rings is 1. The van der Waals surface area contributed by atoms with Crippen LogP contribution < -0.4 is 5.32 Å². The summed E-state index contributed by atoms with van der Waals surface area (Å²) in [5.74, 6) is 0.389. The molecule has 1 aliphatic heterocycles. The molecule has 2 aromatic rings. The number of amides is 2. The molecule has 0 spiro atoms. The van der Waals surface area contributed by atoms with E-state index in [1.165, 1.54) is 6.07 Å². The third kappa shape index (κ3) is 5.48. The lowest BCUT2D eigenvalue weighted by molar-refractivity contribution is -0.137. The van der Waals surface area contributed by atoms with Gasteiger partial charge in [-0.2, -0.15) is 0 Å². The van der Waals surface area contributed by atoms with Crippen LogP contribution in [0, 0.1) is 11.7 Å². The molecule has 1 unspecified atom stereocenters. The number of hydrogen-bond acceptors (Lipinski definition) is 4. The van der Waals surface area contributed by atoms with Crippen LogP contribution in [-0.2, 0) is 17.9 Å². The summed E-state index contributed by atoms with van der Waals surface area (Å²) < 4.78 is 19.4. The number of nitrogens with one attached hydrogen (secondary N) is 1. The maximum Gasteiger partial charge on any atom is 0.287 e. The zero-order chi connectivity index (χ0) is 21.5. The fourth-order valence-electron chi connectivity index (χ4n) is 3.90. The molecular formula is C23H30FN3O3. The van der Waals surface area contributed by atoms with Crippen LogP contribution in [0.15, 0.2) is 40.8 Å². The maximum atomic E-state index is 13.7. The number of benzene rings is 1. The van der Waals surface area contributed by atoms with Crippen LogP contribution in [-0.4, -0.2) is 47.8 Å². The van der Waals surface area contributed by atoms with Crippen molar-refractivity contribution in [2.45, 2.75) is 39.8 Å². The highest BCUT2D eigenvalue weighted by Gasteiger charge is 2.28. The normalized spacial score (nSPS) is 17.0. The van der Waals surface area contributed by atoms with E-state index in [4.69, 9.17) is 4.42 Å². The van der Waals surface area contributed by atoms with Gasteiger partial charge in [0.25, 0.3) is 5.91 Å². The largest absolute Gasteiger partial charge is 0.455 e. The maximum absolute atomic E-state index is 13.7. The molecule has 0 bridgehead atoms. The van der Waals surface area contributed by atoms with Crippen LogP contribution in [0.2, 0.25) is 0 Å². The van der Waals surface area contributed by atoms with Crippen molar-refractivity contribution in [1.29, 1.82) is 0 Å². The van der Waals surface area contributed by atoms with Gasteiger partial charge in [-0.25, -0.2) is 4.39 Å². The van der Waals surface area contributed by atoms with Crippen LogP contribution in [0.4, 0.5) is 4.39 Å². The molecule has 30 heavy (non-hydrogen) atoms. The van der Waals surface area contributed by atoms with Gasteiger partial charge in [-0.05, 0) is 51.4 Å². The number of nitrogens with zero attached hydrogens (tertiary/aromatic N) is 2. The molecule has 2 amide bonds. The Morgan fingerprint density at radius 1 is 1.20 bits per heavy atom. The highest BCUT2D eigenvalue weighted by atomic mass is 19.1. The Bertz CT molecular complexity index is 863. The Morgan fingerprint density at radius 3 is 2.70 bits per heavy atom. The molecule has 1 saturated heterocycles.